The van der Waals surface area contributed by atoms with Crippen LogP contribution in [0.3, 0.4) is 0 Å². The van der Waals surface area contributed by atoms with Gasteiger partial charge in [0.1, 0.15) is 5.75 Å². The fraction of sp³-hybridized carbons (Fsp3) is 0.304. The molecule has 1 amide bonds. The summed E-state index contributed by atoms with van der Waals surface area (Å²) in [6, 6.07) is 15.6. The first-order valence-electron chi connectivity index (χ1n) is 10.2. The number of halogens is 3. The number of amides is 1. The van der Waals surface area contributed by atoms with Gasteiger partial charge in [0.15, 0.2) is 0 Å². The summed E-state index contributed by atoms with van der Waals surface area (Å²) in [6.07, 6.45) is -3.13. The van der Waals surface area contributed by atoms with Crippen LogP contribution in [-0.4, -0.2) is 58.9 Å². The average Bonchev–Trinajstić information content (AvgIpc) is 3.31. The first kappa shape index (κ1) is 21.9. The maximum Gasteiger partial charge on any atom is 0.419 e. The van der Waals surface area contributed by atoms with E-state index in [-0.39, 0.29) is 0 Å². The number of piperazine rings is 1. The minimum atomic E-state index is -4.52. The van der Waals surface area contributed by atoms with Crippen LogP contribution in [0.2, 0.25) is 0 Å². The van der Waals surface area contributed by atoms with Crippen LogP contribution in [0.5, 0.6) is 5.75 Å². The number of aromatic nitrogens is 2. The smallest absolute Gasteiger partial charge is 0.419 e. The minimum Gasteiger partial charge on any atom is -0.496 e. The molecule has 0 radical (unpaired) electrons. The van der Waals surface area contributed by atoms with Crippen molar-refractivity contribution in [3.8, 4) is 16.9 Å². The number of hydrogen-bond acceptors (Lipinski definition) is 4. The summed E-state index contributed by atoms with van der Waals surface area (Å²) in [5, 5.41) is 3.58. The number of benzene rings is 2. The van der Waals surface area contributed by atoms with Crippen LogP contribution in [-0.2, 0) is 12.7 Å². The highest BCUT2D eigenvalue weighted by molar-refractivity contribution is 5.76. The zero-order chi connectivity index (χ0) is 22.7. The van der Waals surface area contributed by atoms with Gasteiger partial charge >= 0.3 is 12.2 Å². The molecule has 0 spiro atoms. The molecule has 1 aliphatic heterocycles. The first-order valence-corrected chi connectivity index (χ1v) is 10.2. The molecule has 0 unspecified atom stereocenters. The van der Waals surface area contributed by atoms with Gasteiger partial charge in [-0.1, -0.05) is 42.5 Å². The Morgan fingerprint density at radius 3 is 2.38 bits per heavy atom. The number of carbonyl (C=O) groups excluding carboxylic acids is 1. The van der Waals surface area contributed by atoms with Gasteiger partial charge in [-0.3, -0.25) is 4.90 Å². The Morgan fingerprint density at radius 1 is 1.03 bits per heavy atom. The van der Waals surface area contributed by atoms with E-state index in [0.717, 1.165) is 33.3 Å². The summed E-state index contributed by atoms with van der Waals surface area (Å²) in [7, 11) is 1.64. The Labute approximate surface area is 183 Å². The van der Waals surface area contributed by atoms with Crippen molar-refractivity contribution in [1.82, 2.24) is 19.6 Å². The van der Waals surface area contributed by atoms with Crippen LogP contribution in [0.4, 0.5) is 18.0 Å². The van der Waals surface area contributed by atoms with Gasteiger partial charge in [0.2, 0.25) is 0 Å². The predicted octanol–water partition coefficient (Wildman–Crippen LogP) is 4.36. The van der Waals surface area contributed by atoms with Crippen LogP contribution in [0, 0.1) is 0 Å². The topological polar surface area (TPSA) is 50.6 Å². The number of carbonyl (C=O) groups is 1. The van der Waals surface area contributed by atoms with E-state index in [1.165, 1.54) is 4.90 Å². The van der Waals surface area contributed by atoms with Crippen molar-refractivity contribution >= 4 is 6.03 Å². The second-order valence-electron chi connectivity index (χ2n) is 7.61. The van der Waals surface area contributed by atoms with Gasteiger partial charge in [0.25, 0.3) is 0 Å². The number of alkyl halides is 3. The molecule has 32 heavy (non-hydrogen) atoms. The fourth-order valence-electron chi connectivity index (χ4n) is 3.74. The van der Waals surface area contributed by atoms with Crippen LogP contribution in [0.15, 0.2) is 60.9 Å². The zero-order valence-corrected chi connectivity index (χ0v) is 17.5. The van der Waals surface area contributed by atoms with E-state index in [0.29, 0.717) is 38.9 Å². The summed E-state index contributed by atoms with van der Waals surface area (Å²) in [5.41, 5.74) is 2.28. The van der Waals surface area contributed by atoms with Crippen molar-refractivity contribution in [2.24, 2.45) is 0 Å². The fourth-order valence-corrected chi connectivity index (χ4v) is 3.74. The van der Waals surface area contributed by atoms with Crippen LogP contribution in [0.1, 0.15) is 11.1 Å². The van der Waals surface area contributed by atoms with Gasteiger partial charge < -0.3 is 9.64 Å². The predicted molar refractivity (Wildman–Crippen MR) is 113 cm³/mol. The normalized spacial score (nSPS) is 15.1. The average molecular weight is 444 g/mol. The molecule has 1 saturated heterocycles. The molecule has 1 fully saturated rings. The van der Waals surface area contributed by atoms with Gasteiger partial charge in [0, 0.05) is 44.5 Å². The monoisotopic (exact) mass is 444 g/mol. The van der Waals surface area contributed by atoms with Gasteiger partial charge in [-0.25, -0.2) is 4.79 Å². The lowest BCUT2D eigenvalue weighted by Gasteiger charge is -2.34. The third kappa shape index (κ3) is 4.77. The molecule has 0 atom stereocenters. The van der Waals surface area contributed by atoms with Crippen molar-refractivity contribution < 1.29 is 22.7 Å². The van der Waals surface area contributed by atoms with Gasteiger partial charge in [-0.2, -0.15) is 23.0 Å². The van der Waals surface area contributed by atoms with Crippen molar-refractivity contribution in [1.29, 1.82) is 0 Å². The largest absolute Gasteiger partial charge is 0.496 e. The van der Waals surface area contributed by atoms with E-state index < -0.39 is 17.8 Å². The standard InChI is InChI=1S/C23H23F3N4O2/c1-32-21-13-18(17-5-3-2-4-6-17)7-8-19(21)15-28-9-11-29(12-10-28)22(31)30-16-20(14-27-30)23(24,25)26/h2-8,13-14,16H,9-12,15H2,1H3. The third-order valence-corrected chi connectivity index (χ3v) is 5.54. The van der Waals surface area contributed by atoms with E-state index in [4.69, 9.17) is 4.74 Å². The van der Waals surface area contributed by atoms with E-state index in [9.17, 15) is 18.0 Å². The molecular weight excluding hydrogens is 421 g/mol. The quantitative estimate of drug-likeness (QED) is 0.600. The molecule has 1 aromatic heterocycles. The van der Waals surface area contributed by atoms with E-state index in [2.05, 4.69) is 16.1 Å². The Hall–Kier alpha value is -3.33. The lowest BCUT2D eigenvalue weighted by atomic mass is 10.0. The molecule has 2 heterocycles. The summed E-state index contributed by atoms with van der Waals surface area (Å²) in [5.74, 6) is 0.793. The summed E-state index contributed by atoms with van der Waals surface area (Å²) in [4.78, 5) is 16.2. The van der Waals surface area contributed by atoms with Crippen molar-refractivity contribution in [3.05, 3.63) is 72.1 Å². The van der Waals surface area contributed by atoms with Crippen molar-refractivity contribution in [3.63, 3.8) is 0 Å². The third-order valence-electron chi connectivity index (χ3n) is 5.54. The van der Waals surface area contributed by atoms with Crippen molar-refractivity contribution in [2.75, 3.05) is 33.3 Å². The maximum absolute atomic E-state index is 12.8. The number of rotatable bonds is 4. The molecule has 2 aromatic carbocycles. The number of nitrogens with zero attached hydrogens (tertiary/aromatic N) is 4. The summed E-state index contributed by atoms with van der Waals surface area (Å²) < 4.78 is 44.6. The molecular formula is C23H23F3N4O2. The number of hydrogen-bond donors (Lipinski definition) is 0. The van der Waals surface area contributed by atoms with Crippen LogP contribution >= 0.6 is 0 Å². The lowest BCUT2D eigenvalue weighted by molar-refractivity contribution is -0.137. The van der Waals surface area contributed by atoms with Gasteiger partial charge in [0.05, 0.1) is 18.9 Å². The van der Waals surface area contributed by atoms with Crippen LogP contribution < -0.4 is 4.74 Å². The number of ether oxygens (including phenoxy) is 1. The molecule has 3 aromatic rings. The van der Waals surface area contributed by atoms with E-state index in [1.54, 1.807) is 7.11 Å². The molecule has 0 aliphatic carbocycles. The highest BCUT2D eigenvalue weighted by atomic mass is 19.4. The van der Waals surface area contributed by atoms with Crippen molar-refractivity contribution in [2.45, 2.75) is 12.7 Å². The Bertz CT molecular complexity index is 1070. The highest BCUT2D eigenvalue weighted by Gasteiger charge is 2.33. The number of methoxy groups -OCH3 is 1. The Morgan fingerprint density at radius 2 is 1.75 bits per heavy atom. The van der Waals surface area contributed by atoms with Crippen LogP contribution in [0.25, 0.3) is 11.1 Å². The Balaban J connectivity index is 1.38. The molecule has 0 saturated carbocycles. The molecule has 1 aliphatic rings. The molecule has 0 bridgehead atoms. The van der Waals surface area contributed by atoms with Gasteiger partial charge in [-0.05, 0) is 17.2 Å². The van der Waals surface area contributed by atoms with Gasteiger partial charge in [-0.15, -0.1) is 0 Å². The SMILES string of the molecule is COc1cc(-c2ccccc2)ccc1CN1CCN(C(=O)n2cc(C(F)(F)F)cn2)CC1. The maximum atomic E-state index is 12.8. The summed E-state index contributed by atoms with van der Waals surface area (Å²) in [6.45, 7) is 2.67. The van der Waals surface area contributed by atoms with E-state index >= 15 is 0 Å². The second kappa shape index (κ2) is 9.04. The molecule has 6 nitrogen and oxygen atoms in total. The first-order chi connectivity index (χ1) is 15.3. The minimum absolute atomic E-state index is 0.407. The molecule has 168 valence electrons. The van der Waals surface area contributed by atoms with E-state index in [1.807, 2.05) is 42.5 Å². The molecule has 4 rings (SSSR count). The molecule has 9 heteroatoms. The lowest BCUT2D eigenvalue weighted by Crippen LogP contribution is -2.49. The summed E-state index contributed by atoms with van der Waals surface area (Å²) >= 11 is 0. The molecule has 0 N–H and O–H groups in total. The highest BCUT2D eigenvalue weighted by Crippen LogP contribution is 2.29. The Kier molecular flexibility index (Phi) is 6.18. The second-order valence-corrected chi connectivity index (χ2v) is 7.61. The zero-order valence-electron chi connectivity index (χ0n) is 17.5.